The number of carboxylic acid groups (broad SMARTS) is 1. The zero-order valence-corrected chi connectivity index (χ0v) is 13.6. The standard InChI is InChI=1S/C18H13F4NO4/c19-11-3-1-2-9(6-11)8-23-13-7-10(18(20,21)22)4-5-12(13)15(24)14(16(23)25)17(26)27/h1-7,14-15,24H,8H2,(H,26,27). The van der Waals surface area contributed by atoms with E-state index in [1.54, 1.807) is 0 Å². The monoisotopic (exact) mass is 383 g/mol. The number of nitrogens with zero attached hydrogens (tertiary/aromatic N) is 1. The van der Waals surface area contributed by atoms with Gasteiger partial charge in [-0.3, -0.25) is 9.59 Å². The van der Waals surface area contributed by atoms with Crippen molar-refractivity contribution in [2.75, 3.05) is 4.90 Å². The fraction of sp³-hybridized carbons (Fsp3) is 0.222. The van der Waals surface area contributed by atoms with Gasteiger partial charge in [0.2, 0.25) is 5.91 Å². The Morgan fingerprint density at radius 3 is 2.44 bits per heavy atom. The fourth-order valence-corrected chi connectivity index (χ4v) is 3.03. The third-order valence-electron chi connectivity index (χ3n) is 4.31. The van der Waals surface area contributed by atoms with Crippen LogP contribution in [-0.2, 0) is 22.3 Å². The van der Waals surface area contributed by atoms with Crippen LogP contribution in [-0.4, -0.2) is 22.1 Å². The molecule has 2 aromatic rings. The largest absolute Gasteiger partial charge is 0.481 e. The van der Waals surface area contributed by atoms with E-state index in [1.165, 1.54) is 12.1 Å². The third-order valence-corrected chi connectivity index (χ3v) is 4.31. The minimum absolute atomic E-state index is 0.119. The average Bonchev–Trinajstić information content (AvgIpc) is 2.57. The summed E-state index contributed by atoms with van der Waals surface area (Å²) >= 11 is 0. The Morgan fingerprint density at radius 2 is 1.85 bits per heavy atom. The summed E-state index contributed by atoms with van der Waals surface area (Å²) in [6.07, 6.45) is -6.49. The van der Waals surface area contributed by atoms with Gasteiger partial charge in [-0.15, -0.1) is 0 Å². The maximum atomic E-state index is 13.4. The number of anilines is 1. The van der Waals surface area contributed by atoms with Crippen LogP contribution >= 0.6 is 0 Å². The number of aliphatic hydroxyl groups is 1. The van der Waals surface area contributed by atoms with E-state index in [-0.39, 0.29) is 23.4 Å². The number of carbonyl (C=O) groups excluding carboxylic acids is 1. The zero-order valence-electron chi connectivity index (χ0n) is 13.6. The summed E-state index contributed by atoms with van der Waals surface area (Å²) in [4.78, 5) is 24.8. The summed E-state index contributed by atoms with van der Waals surface area (Å²) in [5, 5.41) is 19.5. The number of aliphatic hydroxyl groups excluding tert-OH is 1. The van der Waals surface area contributed by atoms with Crippen molar-refractivity contribution in [1.82, 2.24) is 0 Å². The molecule has 0 aromatic heterocycles. The molecule has 2 atom stereocenters. The lowest BCUT2D eigenvalue weighted by Crippen LogP contribution is -2.46. The second-order valence-electron chi connectivity index (χ2n) is 6.09. The van der Waals surface area contributed by atoms with Gasteiger partial charge in [0.1, 0.15) is 11.9 Å². The predicted octanol–water partition coefficient (Wildman–Crippen LogP) is 3.13. The van der Waals surface area contributed by atoms with Crippen LogP contribution in [0, 0.1) is 11.7 Å². The van der Waals surface area contributed by atoms with Crippen LogP contribution in [0.25, 0.3) is 0 Å². The lowest BCUT2D eigenvalue weighted by atomic mass is 9.87. The third kappa shape index (κ3) is 3.50. The number of aliphatic carboxylic acids is 1. The smallest absolute Gasteiger partial charge is 0.416 e. The maximum absolute atomic E-state index is 13.4. The highest BCUT2D eigenvalue weighted by Crippen LogP contribution is 2.42. The Kier molecular flexibility index (Phi) is 4.64. The van der Waals surface area contributed by atoms with E-state index >= 15 is 0 Å². The molecule has 1 aliphatic heterocycles. The first-order valence-corrected chi connectivity index (χ1v) is 7.77. The molecular weight excluding hydrogens is 370 g/mol. The summed E-state index contributed by atoms with van der Waals surface area (Å²) in [7, 11) is 0. The van der Waals surface area contributed by atoms with Crippen LogP contribution in [0.1, 0.15) is 22.8 Å². The number of rotatable bonds is 3. The zero-order chi connectivity index (χ0) is 19.9. The van der Waals surface area contributed by atoms with Crippen molar-refractivity contribution in [3.8, 4) is 0 Å². The second kappa shape index (κ2) is 6.66. The molecule has 0 saturated carbocycles. The Bertz CT molecular complexity index is 912. The number of carboxylic acids is 1. The minimum atomic E-state index is -4.70. The SMILES string of the molecule is O=C(O)C1C(=O)N(Cc2cccc(F)c2)c2cc(C(F)(F)F)ccc2C1O. The highest BCUT2D eigenvalue weighted by atomic mass is 19.4. The van der Waals surface area contributed by atoms with Crippen LogP contribution in [0.4, 0.5) is 23.2 Å². The van der Waals surface area contributed by atoms with E-state index in [2.05, 4.69) is 0 Å². The molecule has 27 heavy (non-hydrogen) atoms. The molecule has 1 aliphatic rings. The van der Waals surface area contributed by atoms with Crippen molar-refractivity contribution < 1.29 is 37.4 Å². The maximum Gasteiger partial charge on any atom is 0.416 e. The van der Waals surface area contributed by atoms with Crippen molar-refractivity contribution in [2.45, 2.75) is 18.8 Å². The van der Waals surface area contributed by atoms with Crippen LogP contribution < -0.4 is 4.90 Å². The molecule has 142 valence electrons. The molecule has 9 heteroatoms. The number of alkyl halides is 3. The van der Waals surface area contributed by atoms with Gasteiger partial charge < -0.3 is 15.1 Å². The van der Waals surface area contributed by atoms with Crippen LogP contribution in [0.15, 0.2) is 42.5 Å². The van der Waals surface area contributed by atoms with Gasteiger partial charge in [-0.25, -0.2) is 4.39 Å². The van der Waals surface area contributed by atoms with E-state index in [0.717, 1.165) is 23.1 Å². The van der Waals surface area contributed by atoms with Gasteiger partial charge in [0.25, 0.3) is 0 Å². The number of halogens is 4. The molecule has 1 heterocycles. The van der Waals surface area contributed by atoms with E-state index in [4.69, 9.17) is 0 Å². The van der Waals surface area contributed by atoms with E-state index in [1.807, 2.05) is 0 Å². The van der Waals surface area contributed by atoms with Gasteiger partial charge in [-0.1, -0.05) is 18.2 Å². The molecule has 2 N–H and O–H groups in total. The first kappa shape index (κ1) is 18.8. The van der Waals surface area contributed by atoms with Crippen molar-refractivity contribution in [2.24, 2.45) is 5.92 Å². The van der Waals surface area contributed by atoms with E-state index < -0.39 is 41.5 Å². The van der Waals surface area contributed by atoms with Gasteiger partial charge in [0.15, 0.2) is 5.92 Å². The van der Waals surface area contributed by atoms with E-state index in [9.17, 15) is 37.4 Å². The summed E-state index contributed by atoms with van der Waals surface area (Å²) in [6, 6.07) is 7.37. The summed E-state index contributed by atoms with van der Waals surface area (Å²) < 4.78 is 52.6. The van der Waals surface area contributed by atoms with Gasteiger partial charge >= 0.3 is 12.1 Å². The number of carbonyl (C=O) groups is 2. The van der Waals surface area contributed by atoms with Gasteiger partial charge in [-0.2, -0.15) is 13.2 Å². The number of benzene rings is 2. The summed E-state index contributed by atoms with van der Waals surface area (Å²) in [5.41, 5.74) is -1.18. The molecule has 0 fully saturated rings. The van der Waals surface area contributed by atoms with E-state index in [0.29, 0.717) is 12.1 Å². The molecule has 0 bridgehead atoms. The van der Waals surface area contributed by atoms with Crippen molar-refractivity contribution >= 4 is 17.6 Å². The molecule has 2 aromatic carbocycles. The van der Waals surface area contributed by atoms with Crippen molar-refractivity contribution in [3.05, 3.63) is 65.0 Å². The van der Waals surface area contributed by atoms with Crippen molar-refractivity contribution in [1.29, 1.82) is 0 Å². The normalized spacial score (nSPS) is 19.7. The lowest BCUT2D eigenvalue weighted by Gasteiger charge is -2.36. The first-order valence-electron chi connectivity index (χ1n) is 7.77. The van der Waals surface area contributed by atoms with Gasteiger partial charge in [0, 0.05) is 5.56 Å². The van der Waals surface area contributed by atoms with Crippen LogP contribution in [0.2, 0.25) is 0 Å². The number of amides is 1. The lowest BCUT2D eigenvalue weighted by molar-refractivity contribution is -0.152. The number of hydrogen-bond acceptors (Lipinski definition) is 3. The molecule has 2 unspecified atom stereocenters. The molecule has 5 nitrogen and oxygen atoms in total. The Labute approximate surface area is 150 Å². The van der Waals surface area contributed by atoms with Crippen LogP contribution in [0.3, 0.4) is 0 Å². The fourth-order valence-electron chi connectivity index (χ4n) is 3.03. The first-order chi connectivity index (χ1) is 12.6. The molecule has 3 rings (SSSR count). The Balaban J connectivity index is 2.13. The number of fused-ring (bicyclic) bond motifs is 1. The Hall–Kier alpha value is -2.94. The summed E-state index contributed by atoms with van der Waals surface area (Å²) in [6.45, 7) is -0.346. The molecule has 1 amide bonds. The predicted molar refractivity (Wildman–Crippen MR) is 85.1 cm³/mol. The molecule has 0 spiro atoms. The second-order valence-corrected chi connectivity index (χ2v) is 6.09. The summed E-state index contributed by atoms with van der Waals surface area (Å²) in [5.74, 6) is -5.17. The van der Waals surface area contributed by atoms with Gasteiger partial charge in [0.05, 0.1) is 17.8 Å². The average molecular weight is 383 g/mol. The van der Waals surface area contributed by atoms with Gasteiger partial charge in [-0.05, 0) is 29.8 Å². The molecule has 0 saturated heterocycles. The molecule has 0 radical (unpaired) electrons. The highest BCUT2D eigenvalue weighted by Gasteiger charge is 2.45. The molecular formula is C18H13F4NO4. The molecule has 0 aliphatic carbocycles. The van der Waals surface area contributed by atoms with Crippen LogP contribution in [0.5, 0.6) is 0 Å². The minimum Gasteiger partial charge on any atom is -0.481 e. The van der Waals surface area contributed by atoms with Crippen molar-refractivity contribution in [3.63, 3.8) is 0 Å². The topological polar surface area (TPSA) is 77.8 Å². The number of hydrogen-bond donors (Lipinski definition) is 2. The highest BCUT2D eigenvalue weighted by molar-refractivity contribution is 6.08. The Morgan fingerprint density at radius 1 is 1.15 bits per heavy atom. The quantitative estimate of drug-likeness (QED) is 0.631.